The summed E-state index contributed by atoms with van der Waals surface area (Å²) in [6.45, 7) is 4.39. The first-order chi connectivity index (χ1) is 11.8. The lowest BCUT2D eigenvalue weighted by atomic mass is 10.0. The van der Waals surface area contributed by atoms with Crippen molar-refractivity contribution in [2.45, 2.75) is 58.5 Å². The van der Waals surface area contributed by atoms with Gasteiger partial charge in [0.2, 0.25) is 0 Å². The first-order valence-corrected chi connectivity index (χ1v) is 9.29. The molecule has 0 aliphatic heterocycles. The van der Waals surface area contributed by atoms with Gasteiger partial charge in [-0.15, -0.1) is 0 Å². The first-order valence-electron chi connectivity index (χ1n) is 9.29. The molecule has 0 spiro atoms. The Bertz CT molecular complexity index is 583. The predicted molar refractivity (Wildman–Crippen MR) is 104 cm³/mol. The number of rotatable bonds is 10. The highest BCUT2D eigenvalue weighted by atomic mass is 16.5. The molecule has 1 nitrogen and oxygen atoms in total. The van der Waals surface area contributed by atoms with E-state index < -0.39 is 0 Å². The Balaban J connectivity index is 2.00. The van der Waals surface area contributed by atoms with Gasteiger partial charge in [0.15, 0.2) is 0 Å². The molecular formula is C23H30O. The van der Waals surface area contributed by atoms with E-state index in [0.29, 0.717) is 0 Å². The van der Waals surface area contributed by atoms with Gasteiger partial charge < -0.3 is 4.74 Å². The number of hydrogen-bond acceptors (Lipinski definition) is 1. The summed E-state index contributed by atoms with van der Waals surface area (Å²) in [5.74, 6) is 0.966. The molecule has 0 saturated carbocycles. The van der Waals surface area contributed by atoms with Gasteiger partial charge in [-0.3, -0.25) is 0 Å². The fourth-order valence-corrected chi connectivity index (χ4v) is 2.85. The van der Waals surface area contributed by atoms with Gasteiger partial charge >= 0.3 is 0 Å². The summed E-state index contributed by atoms with van der Waals surface area (Å²) in [7, 11) is 0. The molecule has 24 heavy (non-hydrogen) atoms. The van der Waals surface area contributed by atoms with Gasteiger partial charge in [-0.05, 0) is 55.4 Å². The van der Waals surface area contributed by atoms with Crippen LogP contribution in [0.4, 0.5) is 0 Å². The molecular weight excluding hydrogens is 292 g/mol. The third kappa shape index (κ3) is 6.23. The van der Waals surface area contributed by atoms with Crippen LogP contribution in [0.3, 0.4) is 0 Å². The fraction of sp³-hybridized carbons (Fsp3) is 0.391. The molecule has 1 heteroatoms. The molecule has 0 radical (unpaired) electrons. The second-order valence-corrected chi connectivity index (χ2v) is 6.22. The largest absolute Gasteiger partial charge is 0.486 e. The van der Waals surface area contributed by atoms with Crippen LogP contribution in [0.25, 0.3) is 0 Å². The summed E-state index contributed by atoms with van der Waals surface area (Å²) in [4.78, 5) is 0. The number of benzene rings is 2. The van der Waals surface area contributed by atoms with Crippen LogP contribution in [0.2, 0.25) is 0 Å². The molecule has 2 aromatic carbocycles. The van der Waals surface area contributed by atoms with E-state index in [1.165, 1.54) is 17.5 Å². The molecule has 0 aromatic heterocycles. The van der Waals surface area contributed by atoms with E-state index in [1.54, 1.807) is 0 Å². The Morgan fingerprint density at radius 1 is 0.917 bits per heavy atom. The molecule has 0 amide bonds. The maximum absolute atomic E-state index is 6.32. The molecule has 2 rings (SSSR count). The van der Waals surface area contributed by atoms with Crippen LogP contribution in [0.5, 0.6) is 5.75 Å². The normalized spacial score (nSPS) is 12.4. The van der Waals surface area contributed by atoms with Crippen molar-refractivity contribution in [1.82, 2.24) is 0 Å². The van der Waals surface area contributed by atoms with Gasteiger partial charge in [0.05, 0.1) is 0 Å². The quantitative estimate of drug-likeness (QED) is 0.341. The van der Waals surface area contributed by atoms with Gasteiger partial charge in [0.1, 0.15) is 11.9 Å². The maximum atomic E-state index is 6.32. The Morgan fingerprint density at radius 3 is 2.33 bits per heavy atom. The lowest BCUT2D eigenvalue weighted by Gasteiger charge is -2.20. The fourth-order valence-electron chi connectivity index (χ4n) is 2.85. The van der Waals surface area contributed by atoms with Crippen LogP contribution in [-0.2, 0) is 6.42 Å². The van der Waals surface area contributed by atoms with Crippen molar-refractivity contribution < 1.29 is 4.74 Å². The molecule has 0 N–H and O–H groups in total. The Hall–Kier alpha value is -2.02. The summed E-state index contributed by atoms with van der Waals surface area (Å²) < 4.78 is 6.32. The topological polar surface area (TPSA) is 9.23 Å². The minimum absolute atomic E-state index is 0.123. The summed E-state index contributed by atoms with van der Waals surface area (Å²) in [5.41, 5.74) is 2.64. The van der Waals surface area contributed by atoms with Crippen LogP contribution in [0.15, 0.2) is 66.7 Å². The monoisotopic (exact) mass is 322 g/mol. The molecule has 0 heterocycles. The zero-order valence-corrected chi connectivity index (χ0v) is 15.1. The minimum atomic E-state index is 0.123. The highest BCUT2D eigenvalue weighted by molar-refractivity contribution is 5.29. The van der Waals surface area contributed by atoms with E-state index in [-0.39, 0.29) is 6.10 Å². The number of hydrogen-bond donors (Lipinski definition) is 0. The molecule has 0 saturated heterocycles. The van der Waals surface area contributed by atoms with E-state index in [9.17, 15) is 0 Å². The summed E-state index contributed by atoms with van der Waals surface area (Å²) in [6.07, 6.45) is 11.4. The second-order valence-electron chi connectivity index (χ2n) is 6.22. The third-order valence-electron chi connectivity index (χ3n) is 4.15. The van der Waals surface area contributed by atoms with Crippen molar-refractivity contribution >= 4 is 0 Å². The smallest absolute Gasteiger partial charge is 0.124 e. The van der Waals surface area contributed by atoms with Crippen molar-refractivity contribution in [1.29, 1.82) is 0 Å². The van der Waals surface area contributed by atoms with Crippen LogP contribution in [0.1, 0.15) is 63.2 Å². The highest BCUT2D eigenvalue weighted by Crippen LogP contribution is 2.27. The highest BCUT2D eigenvalue weighted by Gasteiger charge is 2.12. The zero-order valence-electron chi connectivity index (χ0n) is 15.1. The number of ether oxygens (including phenoxy) is 1. The lowest BCUT2D eigenvalue weighted by Crippen LogP contribution is -2.07. The van der Waals surface area contributed by atoms with Crippen molar-refractivity contribution in [2.24, 2.45) is 0 Å². The Labute approximate surface area is 147 Å². The van der Waals surface area contributed by atoms with Crippen LogP contribution in [-0.4, -0.2) is 0 Å². The average molecular weight is 322 g/mol. The van der Waals surface area contributed by atoms with Crippen molar-refractivity contribution in [3.05, 3.63) is 77.9 Å². The van der Waals surface area contributed by atoms with E-state index >= 15 is 0 Å². The summed E-state index contributed by atoms with van der Waals surface area (Å²) in [6, 6.07) is 19.2. The number of allylic oxidation sites excluding steroid dienone is 2. The molecule has 0 fully saturated rings. The minimum Gasteiger partial charge on any atom is -0.486 e. The third-order valence-corrected chi connectivity index (χ3v) is 4.15. The van der Waals surface area contributed by atoms with E-state index in [2.05, 4.69) is 80.6 Å². The van der Waals surface area contributed by atoms with Crippen molar-refractivity contribution in [2.75, 3.05) is 0 Å². The maximum Gasteiger partial charge on any atom is 0.124 e. The van der Waals surface area contributed by atoms with E-state index in [0.717, 1.165) is 37.9 Å². The van der Waals surface area contributed by atoms with Crippen molar-refractivity contribution in [3.63, 3.8) is 0 Å². The molecule has 2 aromatic rings. The molecule has 1 atom stereocenters. The zero-order chi connectivity index (χ0) is 17.0. The first kappa shape index (κ1) is 18.3. The molecule has 128 valence electrons. The Kier molecular flexibility index (Phi) is 8.17. The predicted octanol–water partition coefficient (Wildman–Crippen LogP) is 6.90. The lowest BCUT2D eigenvalue weighted by molar-refractivity contribution is 0.192. The van der Waals surface area contributed by atoms with Crippen LogP contribution in [0, 0.1) is 0 Å². The van der Waals surface area contributed by atoms with Crippen LogP contribution >= 0.6 is 0 Å². The van der Waals surface area contributed by atoms with Gasteiger partial charge in [0, 0.05) is 0 Å². The number of unbranched alkanes of at least 4 members (excludes halogenated alkanes) is 1. The average Bonchev–Trinajstić information content (AvgIpc) is 2.63. The summed E-state index contributed by atoms with van der Waals surface area (Å²) >= 11 is 0. The number of aryl methyl sites for hydroxylation is 1. The standard InChI is InChI=1S/C23H30O/c1-3-5-6-7-11-15-23(21-13-9-8-10-14-21)24-22-18-16-20(12-4-2)17-19-22/h5-6,8-10,13-14,16-19,23H,3-4,7,11-12,15H2,1-2H3/b6-5+. The van der Waals surface area contributed by atoms with E-state index in [1.807, 2.05) is 0 Å². The molecule has 0 bridgehead atoms. The van der Waals surface area contributed by atoms with Gasteiger partial charge in [-0.25, -0.2) is 0 Å². The van der Waals surface area contributed by atoms with Gasteiger partial charge in [0.25, 0.3) is 0 Å². The Morgan fingerprint density at radius 2 is 1.67 bits per heavy atom. The molecule has 0 aliphatic carbocycles. The SMILES string of the molecule is CC/C=C/CCCC(Oc1ccc(CCC)cc1)c1ccccc1. The molecule has 1 unspecified atom stereocenters. The van der Waals surface area contributed by atoms with Gasteiger partial charge in [-0.2, -0.15) is 0 Å². The van der Waals surface area contributed by atoms with Gasteiger partial charge in [-0.1, -0.05) is 74.9 Å². The van der Waals surface area contributed by atoms with Crippen molar-refractivity contribution in [3.8, 4) is 5.75 Å². The van der Waals surface area contributed by atoms with E-state index in [4.69, 9.17) is 4.74 Å². The summed E-state index contributed by atoms with van der Waals surface area (Å²) in [5, 5.41) is 0. The van der Waals surface area contributed by atoms with Crippen LogP contribution < -0.4 is 4.74 Å². The molecule has 0 aliphatic rings. The second kappa shape index (κ2) is 10.7.